The lowest BCUT2D eigenvalue weighted by Crippen LogP contribution is -2.19. The highest BCUT2D eigenvalue weighted by molar-refractivity contribution is 7.10. The molecule has 0 bridgehead atoms. The maximum atomic E-state index is 10.4. The first-order chi connectivity index (χ1) is 7.58. The summed E-state index contributed by atoms with van der Waals surface area (Å²) in [5.74, 6) is 1.01. The van der Waals surface area contributed by atoms with Gasteiger partial charge in [0.05, 0.1) is 6.10 Å². The van der Waals surface area contributed by atoms with Gasteiger partial charge in [0, 0.05) is 4.88 Å². The number of aliphatic hydroxyl groups excluding tert-OH is 1. The molecule has 0 radical (unpaired) electrons. The van der Waals surface area contributed by atoms with E-state index in [2.05, 4.69) is 38.3 Å². The summed E-state index contributed by atoms with van der Waals surface area (Å²) in [6, 6.07) is 2.10. The van der Waals surface area contributed by atoms with Crippen LogP contribution in [0.1, 0.15) is 43.2 Å². The van der Waals surface area contributed by atoms with Gasteiger partial charge in [-0.25, -0.2) is 0 Å². The zero-order valence-electron chi connectivity index (χ0n) is 10.2. The summed E-state index contributed by atoms with van der Waals surface area (Å²) < 4.78 is 0. The van der Waals surface area contributed by atoms with Crippen LogP contribution in [0.15, 0.2) is 23.1 Å². The number of aryl methyl sites for hydroxylation is 1. The van der Waals surface area contributed by atoms with Gasteiger partial charge >= 0.3 is 0 Å². The molecule has 0 saturated heterocycles. The summed E-state index contributed by atoms with van der Waals surface area (Å²) in [6.45, 7) is 6.50. The summed E-state index contributed by atoms with van der Waals surface area (Å²) in [6.07, 6.45) is 4.22. The number of rotatable bonds is 2. The monoisotopic (exact) mass is 236 g/mol. The molecule has 1 aliphatic rings. The van der Waals surface area contributed by atoms with Gasteiger partial charge < -0.3 is 5.11 Å². The van der Waals surface area contributed by atoms with E-state index in [4.69, 9.17) is 0 Å². The van der Waals surface area contributed by atoms with Crippen LogP contribution in [-0.2, 0) is 0 Å². The Hall–Kier alpha value is -0.600. The first-order valence-corrected chi connectivity index (χ1v) is 6.85. The number of hydrogen-bond acceptors (Lipinski definition) is 2. The summed E-state index contributed by atoms with van der Waals surface area (Å²) in [5, 5.41) is 12.5. The van der Waals surface area contributed by atoms with Gasteiger partial charge in [-0.2, -0.15) is 0 Å². The molecule has 0 amide bonds. The van der Waals surface area contributed by atoms with Gasteiger partial charge in [0.15, 0.2) is 0 Å². The molecule has 0 aromatic carbocycles. The molecule has 0 aliphatic heterocycles. The molecule has 0 spiro atoms. The van der Waals surface area contributed by atoms with E-state index in [1.165, 1.54) is 11.1 Å². The molecular weight excluding hydrogens is 216 g/mol. The Labute approximate surface area is 102 Å². The van der Waals surface area contributed by atoms with Gasteiger partial charge in [-0.15, -0.1) is 11.3 Å². The highest BCUT2D eigenvalue weighted by Crippen LogP contribution is 2.39. The lowest BCUT2D eigenvalue weighted by Gasteiger charge is -2.29. The highest BCUT2D eigenvalue weighted by atomic mass is 32.1. The third-order valence-electron chi connectivity index (χ3n) is 3.44. The molecule has 2 heteroatoms. The maximum absolute atomic E-state index is 10.4. The van der Waals surface area contributed by atoms with E-state index in [0.717, 1.165) is 17.7 Å². The van der Waals surface area contributed by atoms with E-state index in [9.17, 15) is 5.11 Å². The van der Waals surface area contributed by atoms with E-state index in [1.807, 2.05) is 0 Å². The lowest BCUT2D eigenvalue weighted by atomic mass is 9.80. The van der Waals surface area contributed by atoms with Crippen LogP contribution in [0.5, 0.6) is 0 Å². The van der Waals surface area contributed by atoms with Crippen LogP contribution in [0.4, 0.5) is 0 Å². The van der Waals surface area contributed by atoms with Crippen LogP contribution in [0.3, 0.4) is 0 Å². The minimum absolute atomic E-state index is 0.272. The molecule has 1 N–H and O–H groups in total. The van der Waals surface area contributed by atoms with Gasteiger partial charge in [-0.1, -0.05) is 18.6 Å². The fourth-order valence-electron chi connectivity index (χ4n) is 2.74. The summed E-state index contributed by atoms with van der Waals surface area (Å²) >= 11 is 1.68. The second-order valence-electron chi connectivity index (χ2n) is 5.10. The first kappa shape index (κ1) is 11.9. The molecular formula is C14H20OS. The smallest absolute Gasteiger partial charge is 0.0915 e. The molecule has 1 aromatic heterocycles. The predicted octanol–water partition coefficient (Wildman–Crippen LogP) is 4.08. The Morgan fingerprint density at radius 1 is 1.44 bits per heavy atom. The molecule has 88 valence electrons. The van der Waals surface area contributed by atoms with Crippen LogP contribution in [-0.4, -0.2) is 5.11 Å². The Bertz CT molecular complexity index is 391. The Kier molecular flexibility index (Phi) is 3.50. The lowest BCUT2D eigenvalue weighted by molar-refractivity contribution is 0.0959. The van der Waals surface area contributed by atoms with Crippen LogP contribution in [0, 0.1) is 18.8 Å². The Morgan fingerprint density at radius 3 is 2.75 bits per heavy atom. The number of allylic oxidation sites excluding steroid dienone is 2. The standard InChI is InChI=1S/C14H20OS/c1-9-6-10(2)8-12(7-9)13(15)14-11(3)4-5-16-14/h4-6,9,12-13,15H,7-8H2,1-3H3. The van der Waals surface area contributed by atoms with Crippen molar-refractivity contribution in [3.8, 4) is 0 Å². The molecule has 3 atom stereocenters. The second-order valence-corrected chi connectivity index (χ2v) is 6.05. The molecule has 2 rings (SSSR count). The van der Waals surface area contributed by atoms with E-state index in [1.54, 1.807) is 11.3 Å². The first-order valence-electron chi connectivity index (χ1n) is 5.97. The normalized spacial score (nSPS) is 27.6. The minimum atomic E-state index is -0.272. The predicted molar refractivity (Wildman–Crippen MR) is 69.7 cm³/mol. The fourth-order valence-corrected chi connectivity index (χ4v) is 3.74. The van der Waals surface area contributed by atoms with Gasteiger partial charge in [0.2, 0.25) is 0 Å². The van der Waals surface area contributed by atoms with E-state index in [0.29, 0.717) is 11.8 Å². The molecule has 0 fully saturated rings. The molecule has 3 unspecified atom stereocenters. The van der Waals surface area contributed by atoms with Gasteiger partial charge in [0.25, 0.3) is 0 Å². The van der Waals surface area contributed by atoms with Gasteiger partial charge in [0.1, 0.15) is 0 Å². The van der Waals surface area contributed by atoms with Crippen molar-refractivity contribution in [2.75, 3.05) is 0 Å². The van der Waals surface area contributed by atoms with Crippen molar-refractivity contribution in [2.24, 2.45) is 11.8 Å². The van der Waals surface area contributed by atoms with E-state index >= 15 is 0 Å². The number of hydrogen-bond donors (Lipinski definition) is 1. The zero-order valence-corrected chi connectivity index (χ0v) is 11.1. The maximum Gasteiger partial charge on any atom is 0.0915 e. The van der Waals surface area contributed by atoms with Crippen molar-refractivity contribution in [1.29, 1.82) is 0 Å². The minimum Gasteiger partial charge on any atom is -0.387 e. The third-order valence-corrected chi connectivity index (χ3v) is 4.53. The molecule has 1 heterocycles. The van der Waals surface area contributed by atoms with Crippen molar-refractivity contribution in [3.63, 3.8) is 0 Å². The largest absolute Gasteiger partial charge is 0.387 e. The highest BCUT2D eigenvalue weighted by Gasteiger charge is 2.27. The van der Waals surface area contributed by atoms with Crippen LogP contribution in [0.2, 0.25) is 0 Å². The van der Waals surface area contributed by atoms with Crippen molar-refractivity contribution in [1.82, 2.24) is 0 Å². The molecule has 0 saturated carbocycles. The average molecular weight is 236 g/mol. The number of thiophene rings is 1. The summed E-state index contributed by atoms with van der Waals surface area (Å²) in [5.41, 5.74) is 2.66. The zero-order chi connectivity index (χ0) is 11.7. The SMILES string of the molecule is CC1=CC(C)CC(C(O)c2sccc2C)C1. The van der Waals surface area contributed by atoms with Crippen molar-refractivity contribution < 1.29 is 5.11 Å². The molecule has 1 nitrogen and oxygen atoms in total. The van der Waals surface area contributed by atoms with E-state index < -0.39 is 0 Å². The molecule has 16 heavy (non-hydrogen) atoms. The molecule has 1 aliphatic carbocycles. The van der Waals surface area contributed by atoms with Gasteiger partial charge in [-0.05, 0) is 55.5 Å². The number of aliphatic hydroxyl groups is 1. The summed E-state index contributed by atoms with van der Waals surface area (Å²) in [4.78, 5) is 1.16. The van der Waals surface area contributed by atoms with Crippen molar-refractivity contribution in [2.45, 2.75) is 39.7 Å². The van der Waals surface area contributed by atoms with Crippen LogP contribution in [0.25, 0.3) is 0 Å². The Balaban J connectivity index is 2.15. The quantitative estimate of drug-likeness (QED) is 0.767. The van der Waals surface area contributed by atoms with Crippen LogP contribution < -0.4 is 0 Å². The second kappa shape index (κ2) is 4.72. The average Bonchev–Trinajstić information content (AvgIpc) is 2.62. The van der Waals surface area contributed by atoms with Crippen LogP contribution >= 0.6 is 11.3 Å². The van der Waals surface area contributed by atoms with E-state index in [-0.39, 0.29) is 6.10 Å². The van der Waals surface area contributed by atoms with Crippen molar-refractivity contribution in [3.05, 3.63) is 33.5 Å². The Morgan fingerprint density at radius 2 is 2.19 bits per heavy atom. The molecule has 1 aromatic rings. The van der Waals surface area contributed by atoms with Gasteiger partial charge in [-0.3, -0.25) is 0 Å². The summed E-state index contributed by atoms with van der Waals surface area (Å²) in [7, 11) is 0. The topological polar surface area (TPSA) is 20.2 Å². The third kappa shape index (κ3) is 2.38. The van der Waals surface area contributed by atoms with Crippen molar-refractivity contribution >= 4 is 11.3 Å². The fraction of sp³-hybridized carbons (Fsp3) is 0.571.